The minimum absolute atomic E-state index is 0.144. The van der Waals surface area contributed by atoms with Gasteiger partial charge in [-0.05, 0) is 38.3 Å². The molecule has 102 valence electrons. The molecule has 1 unspecified atom stereocenters. The number of amides is 1. The van der Waals surface area contributed by atoms with Crippen molar-refractivity contribution in [1.82, 2.24) is 9.88 Å². The molecule has 0 saturated heterocycles. The second kappa shape index (κ2) is 5.57. The number of aliphatic hydroxyl groups is 1. The largest absolute Gasteiger partial charge is 0.388 e. The first-order chi connectivity index (χ1) is 8.23. The Balaban J connectivity index is 2.59. The number of aryl methyl sites for hydroxylation is 1. The van der Waals surface area contributed by atoms with Gasteiger partial charge in [0.2, 0.25) is 0 Å². The van der Waals surface area contributed by atoms with Gasteiger partial charge in [0, 0.05) is 19.3 Å². The maximum Gasteiger partial charge on any atom is 0.268 e. The van der Waals surface area contributed by atoms with Gasteiger partial charge in [-0.1, -0.05) is 13.8 Å². The van der Waals surface area contributed by atoms with Gasteiger partial charge in [-0.15, -0.1) is 0 Å². The van der Waals surface area contributed by atoms with Crippen LogP contribution < -0.4 is 5.32 Å². The van der Waals surface area contributed by atoms with Gasteiger partial charge < -0.3 is 15.0 Å². The molecule has 0 aliphatic heterocycles. The van der Waals surface area contributed by atoms with E-state index < -0.39 is 5.60 Å². The number of aromatic nitrogens is 1. The van der Waals surface area contributed by atoms with E-state index in [1.807, 2.05) is 24.6 Å². The molecule has 0 fully saturated rings. The number of rotatable bonds is 5. The van der Waals surface area contributed by atoms with Crippen LogP contribution >= 0.6 is 0 Å². The Labute approximate surface area is 109 Å². The SMILES string of the molecule is Cc1ccc(C(=O)NCC(C)(O)CC(C)C)n1C. The molecule has 1 aromatic rings. The van der Waals surface area contributed by atoms with Gasteiger partial charge in [-0.3, -0.25) is 4.79 Å². The second-order valence-corrected chi connectivity index (χ2v) is 5.70. The number of nitrogens with one attached hydrogen (secondary N) is 1. The molecule has 0 bridgehead atoms. The lowest BCUT2D eigenvalue weighted by Gasteiger charge is -2.25. The number of hydrogen-bond donors (Lipinski definition) is 2. The summed E-state index contributed by atoms with van der Waals surface area (Å²) < 4.78 is 1.84. The third-order valence-electron chi connectivity index (χ3n) is 3.08. The summed E-state index contributed by atoms with van der Waals surface area (Å²) in [7, 11) is 1.86. The van der Waals surface area contributed by atoms with Crippen molar-refractivity contribution in [2.45, 2.75) is 39.7 Å². The van der Waals surface area contributed by atoms with Crippen LogP contribution in [0.5, 0.6) is 0 Å². The van der Waals surface area contributed by atoms with Crippen molar-refractivity contribution in [3.63, 3.8) is 0 Å². The molecule has 1 atom stereocenters. The monoisotopic (exact) mass is 252 g/mol. The van der Waals surface area contributed by atoms with E-state index in [-0.39, 0.29) is 12.5 Å². The third kappa shape index (κ3) is 3.88. The predicted octanol–water partition coefficient (Wildman–Crippen LogP) is 1.86. The average molecular weight is 252 g/mol. The molecule has 4 heteroatoms. The Bertz CT molecular complexity index is 419. The Hall–Kier alpha value is -1.29. The number of carbonyl (C=O) groups excluding carboxylic acids is 1. The summed E-state index contributed by atoms with van der Waals surface area (Å²) in [5.41, 5.74) is 0.797. The highest BCUT2D eigenvalue weighted by molar-refractivity contribution is 5.92. The Kier molecular flexibility index (Phi) is 4.57. The Morgan fingerprint density at radius 2 is 2.11 bits per heavy atom. The third-order valence-corrected chi connectivity index (χ3v) is 3.08. The quantitative estimate of drug-likeness (QED) is 0.840. The zero-order chi connectivity index (χ0) is 13.9. The molecule has 1 heterocycles. The van der Waals surface area contributed by atoms with E-state index in [1.165, 1.54) is 0 Å². The molecule has 0 spiro atoms. The Morgan fingerprint density at radius 1 is 1.50 bits per heavy atom. The molecular formula is C14H24N2O2. The molecule has 2 N–H and O–H groups in total. The fraction of sp³-hybridized carbons (Fsp3) is 0.643. The first-order valence-corrected chi connectivity index (χ1v) is 6.36. The van der Waals surface area contributed by atoms with Crippen LogP contribution in [0.2, 0.25) is 0 Å². The Morgan fingerprint density at radius 3 is 2.56 bits per heavy atom. The van der Waals surface area contributed by atoms with Gasteiger partial charge in [0.25, 0.3) is 5.91 Å². The summed E-state index contributed by atoms with van der Waals surface area (Å²) in [5.74, 6) is 0.254. The lowest BCUT2D eigenvalue weighted by Crippen LogP contribution is -2.41. The highest BCUT2D eigenvalue weighted by Crippen LogP contribution is 2.15. The maximum absolute atomic E-state index is 12.0. The van der Waals surface area contributed by atoms with Gasteiger partial charge >= 0.3 is 0 Å². The highest BCUT2D eigenvalue weighted by Gasteiger charge is 2.23. The normalized spacial score (nSPS) is 14.6. The summed E-state index contributed by atoms with van der Waals surface area (Å²) >= 11 is 0. The first kappa shape index (κ1) is 14.8. The maximum atomic E-state index is 12.0. The van der Waals surface area contributed by atoms with Gasteiger partial charge in [0.1, 0.15) is 5.69 Å². The molecule has 0 aliphatic rings. The molecule has 0 aliphatic carbocycles. The van der Waals surface area contributed by atoms with Crippen LogP contribution in [-0.2, 0) is 7.05 Å². The van der Waals surface area contributed by atoms with E-state index in [0.717, 1.165) is 5.69 Å². The van der Waals surface area contributed by atoms with Crippen LogP contribution in [0.25, 0.3) is 0 Å². The zero-order valence-corrected chi connectivity index (χ0v) is 11.9. The minimum atomic E-state index is -0.857. The van der Waals surface area contributed by atoms with E-state index in [9.17, 15) is 9.90 Å². The first-order valence-electron chi connectivity index (χ1n) is 6.36. The molecule has 1 rings (SSSR count). The fourth-order valence-corrected chi connectivity index (χ4v) is 2.15. The van der Waals surface area contributed by atoms with Gasteiger partial charge in [-0.2, -0.15) is 0 Å². The summed E-state index contributed by atoms with van der Waals surface area (Å²) in [6, 6.07) is 3.70. The van der Waals surface area contributed by atoms with Crippen molar-refractivity contribution in [2.75, 3.05) is 6.54 Å². The summed E-state index contributed by atoms with van der Waals surface area (Å²) in [6.07, 6.45) is 0.666. The number of carbonyl (C=O) groups is 1. The highest BCUT2D eigenvalue weighted by atomic mass is 16.3. The zero-order valence-electron chi connectivity index (χ0n) is 11.9. The summed E-state index contributed by atoms with van der Waals surface area (Å²) in [6.45, 7) is 8.08. The van der Waals surface area contributed by atoms with Gasteiger partial charge in [-0.25, -0.2) is 0 Å². The molecule has 18 heavy (non-hydrogen) atoms. The van der Waals surface area contributed by atoms with Gasteiger partial charge in [0.15, 0.2) is 0 Å². The predicted molar refractivity (Wildman–Crippen MR) is 72.6 cm³/mol. The molecule has 0 saturated carbocycles. The van der Waals surface area contributed by atoms with Crippen LogP contribution in [0.3, 0.4) is 0 Å². The van der Waals surface area contributed by atoms with Crippen LogP contribution in [0.15, 0.2) is 12.1 Å². The van der Waals surface area contributed by atoms with Crippen LogP contribution in [0.1, 0.15) is 43.4 Å². The van der Waals surface area contributed by atoms with E-state index >= 15 is 0 Å². The van der Waals surface area contributed by atoms with Gasteiger partial charge in [0.05, 0.1) is 5.60 Å². The number of hydrogen-bond acceptors (Lipinski definition) is 2. The van der Waals surface area contributed by atoms with Crippen molar-refractivity contribution < 1.29 is 9.90 Å². The van der Waals surface area contributed by atoms with Crippen molar-refractivity contribution in [1.29, 1.82) is 0 Å². The summed E-state index contributed by atoms with van der Waals surface area (Å²) in [5, 5.41) is 12.9. The van der Waals surface area contributed by atoms with Crippen molar-refractivity contribution in [2.24, 2.45) is 13.0 Å². The second-order valence-electron chi connectivity index (χ2n) is 5.70. The smallest absolute Gasteiger partial charge is 0.268 e. The molecule has 0 radical (unpaired) electrons. The molecule has 1 aromatic heterocycles. The average Bonchev–Trinajstić information content (AvgIpc) is 2.55. The lowest BCUT2D eigenvalue weighted by atomic mass is 9.94. The van der Waals surface area contributed by atoms with E-state index in [4.69, 9.17) is 0 Å². The molecule has 1 amide bonds. The fourth-order valence-electron chi connectivity index (χ4n) is 2.15. The van der Waals surface area contributed by atoms with Crippen LogP contribution in [-0.4, -0.2) is 27.7 Å². The van der Waals surface area contributed by atoms with Crippen LogP contribution in [0, 0.1) is 12.8 Å². The molecular weight excluding hydrogens is 228 g/mol. The minimum Gasteiger partial charge on any atom is -0.388 e. The van der Waals surface area contributed by atoms with Crippen molar-refractivity contribution in [3.05, 3.63) is 23.5 Å². The van der Waals surface area contributed by atoms with Crippen molar-refractivity contribution in [3.8, 4) is 0 Å². The van der Waals surface area contributed by atoms with E-state index in [2.05, 4.69) is 19.2 Å². The standard InChI is InChI=1S/C14H24N2O2/c1-10(2)8-14(4,18)9-15-13(17)12-7-6-11(3)16(12)5/h6-7,10,18H,8-9H2,1-5H3,(H,15,17). The number of nitrogens with zero attached hydrogens (tertiary/aromatic N) is 1. The topological polar surface area (TPSA) is 54.3 Å². The molecule has 4 nitrogen and oxygen atoms in total. The van der Waals surface area contributed by atoms with E-state index in [1.54, 1.807) is 13.0 Å². The van der Waals surface area contributed by atoms with Crippen molar-refractivity contribution >= 4 is 5.91 Å². The lowest BCUT2D eigenvalue weighted by molar-refractivity contribution is 0.0367. The molecule has 0 aromatic carbocycles. The van der Waals surface area contributed by atoms with Crippen LogP contribution in [0.4, 0.5) is 0 Å². The van der Waals surface area contributed by atoms with E-state index in [0.29, 0.717) is 18.0 Å². The summed E-state index contributed by atoms with van der Waals surface area (Å²) in [4.78, 5) is 12.0.